The highest BCUT2D eigenvalue weighted by atomic mass is 16.4. The minimum absolute atomic E-state index is 0.207. The normalized spacial score (nSPS) is 15.8. The molecule has 0 aromatic carbocycles. The number of hydrogen-bond acceptors (Lipinski definition) is 5. The van der Waals surface area contributed by atoms with E-state index in [2.05, 4.69) is 15.3 Å². The van der Waals surface area contributed by atoms with Crippen LogP contribution in [0, 0.1) is 0 Å². The van der Waals surface area contributed by atoms with E-state index in [1.165, 1.54) is 0 Å². The molecule has 1 aromatic heterocycles. The van der Waals surface area contributed by atoms with E-state index in [9.17, 15) is 4.79 Å². The summed E-state index contributed by atoms with van der Waals surface area (Å²) in [6.07, 6.45) is 4.44. The molecule has 0 amide bonds. The first-order valence-electron chi connectivity index (χ1n) is 6.26. The number of fused-ring (bicyclic) bond motifs is 1. The van der Waals surface area contributed by atoms with E-state index in [0.29, 0.717) is 12.2 Å². The molecule has 0 spiro atoms. The van der Waals surface area contributed by atoms with Gasteiger partial charge in [-0.15, -0.1) is 0 Å². The Balaban J connectivity index is 2.31. The van der Waals surface area contributed by atoms with Crippen LogP contribution in [0.4, 0.5) is 11.8 Å². The van der Waals surface area contributed by atoms with Gasteiger partial charge in [-0.1, -0.05) is 6.92 Å². The SMILES string of the molecule is CCC(Nc1nc(N)nc2c1CCCC2)C(=O)O. The number of anilines is 2. The third kappa shape index (κ3) is 2.52. The summed E-state index contributed by atoms with van der Waals surface area (Å²) in [5.41, 5.74) is 7.64. The van der Waals surface area contributed by atoms with Crippen LogP contribution < -0.4 is 11.1 Å². The third-order valence-corrected chi connectivity index (χ3v) is 3.22. The Bertz CT molecular complexity index is 462. The van der Waals surface area contributed by atoms with Crippen LogP contribution in [-0.2, 0) is 17.6 Å². The summed E-state index contributed by atoms with van der Waals surface area (Å²) >= 11 is 0. The lowest BCUT2D eigenvalue weighted by Crippen LogP contribution is -2.30. The lowest BCUT2D eigenvalue weighted by atomic mass is 9.96. The highest BCUT2D eigenvalue weighted by molar-refractivity contribution is 5.77. The van der Waals surface area contributed by atoms with Crippen molar-refractivity contribution in [1.82, 2.24) is 9.97 Å². The van der Waals surface area contributed by atoms with Crippen molar-refractivity contribution in [3.63, 3.8) is 0 Å². The molecular formula is C12H18N4O2. The first kappa shape index (κ1) is 12.6. The van der Waals surface area contributed by atoms with Gasteiger partial charge >= 0.3 is 5.97 Å². The van der Waals surface area contributed by atoms with Gasteiger partial charge in [0.2, 0.25) is 5.95 Å². The van der Waals surface area contributed by atoms with Crippen molar-refractivity contribution < 1.29 is 9.90 Å². The van der Waals surface area contributed by atoms with Crippen molar-refractivity contribution >= 4 is 17.7 Å². The number of nitrogens with zero attached hydrogens (tertiary/aromatic N) is 2. The first-order chi connectivity index (χ1) is 8.61. The predicted octanol–water partition coefficient (Wildman–Crippen LogP) is 1.21. The second-order valence-electron chi connectivity index (χ2n) is 4.51. The van der Waals surface area contributed by atoms with E-state index in [1.54, 1.807) is 0 Å². The van der Waals surface area contributed by atoms with Crippen LogP contribution in [0.3, 0.4) is 0 Å². The number of aromatic nitrogens is 2. The second kappa shape index (κ2) is 5.20. The maximum atomic E-state index is 11.1. The summed E-state index contributed by atoms with van der Waals surface area (Å²) in [5, 5.41) is 12.0. The summed E-state index contributed by atoms with van der Waals surface area (Å²) in [7, 11) is 0. The van der Waals surface area contributed by atoms with Gasteiger partial charge in [0, 0.05) is 5.56 Å². The summed E-state index contributed by atoms with van der Waals surface area (Å²) in [6.45, 7) is 1.82. The molecule has 0 fully saturated rings. The standard InChI is InChI=1S/C12H18N4O2/c1-2-8(11(17)18)14-10-7-5-3-4-6-9(7)15-12(13)16-10/h8H,2-6H2,1H3,(H,17,18)(H3,13,14,15,16). The molecule has 1 aromatic rings. The molecule has 6 nitrogen and oxygen atoms in total. The zero-order valence-corrected chi connectivity index (χ0v) is 10.4. The second-order valence-corrected chi connectivity index (χ2v) is 4.51. The summed E-state index contributed by atoms with van der Waals surface area (Å²) in [6, 6.07) is -0.634. The number of nitrogens with two attached hydrogens (primary N) is 1. The molecule has 1 aliphatic carbocycles. The van der Waals surface area contributed by atoms with Crippen molar-refractivity contribution in [3.8, 4) is 0 Å². The quantitative estimate of drug-likeness (QED) is 0.742. The average Bonchev–Trinajstić information content (AvgIpc) is 2.35. The number of carboxylic acid groups (broad SMARTS) is 1. The highest BCUT2D eigenvalue weighted by Gasteiger charge is 2.21. The monoisotopic (exact) mass is 250 g/mol. The summed E-state index contributed by atoms with van der Waals surface area (Å²) < 4.78 is 0. The van der Waals surface area contributed by atoms with Crippen LogP contribution in [0.25, 0.3) is 0 Å². The van der Waals surface area contributed by atoms with Gasteiger partial charge < -0.3 is 16.2 Å². The fourth-order valence-corrected chi connectivity index (χ4v) is 2.24. The van der Waals surface area contributed by atoms with Crippen molar-refractivity contribution in [2.24, 2.45) is 0 Å². The molecule has 1 aliphatic rings. The number of carboxylic acids is 1. The van der Waals surface area contributed by atoms with E-state index < -0.39 is 12.0 Å². The van der Waals surface area contributed by atoms with Crippen LogP contribution in [-0.4, -0.2) is 27.1 Å². The van der Waals surface area contributed by atoms with Gasteiger partial charge in [-0.2, -0.15) is 4.98 Å². The van der Waals surface area contributed by atoms with Crippen molar-refractivity contribution in [2.75, 3.05) is 11.1 Å². The third-order valence-electron chi connectivity index (χ3n) is 3.22. The Morgan fingerprint density at radius 3 is 2.83 bits per heavy atom. The number of rotatable bonds is 4. The van der Waals surface area contributed by atoms with Gasteiger partial charge in [0.15, 0.2) is 0 Å². The zero-order chi connectivity index (χ0) is 13.1. The van der Waals surface area contributed by atoms with E-state index in [-0.39, 0.29) is 5.95 Å². The molecule has 18 heavy (non-hydrogen) atoms. The van der Waals surface area contributed by atoms with Gasteiger partial charge in [0.1, 0.15) is 11.9 Å². The van der Waals surface area contributed by atoms with Gasteiger partial charge in [-0.3, -0.25) is 0 Å². The molecule has 98 valence electrons. The molecule has 0 saturated heterocycles. The Morgan fingerprint density at radius 1 is 1.44 bits per heavy atom. The predicted molar refractivity (Wildman–Crippen MR) is 68.4 cm³/mol. The van der Waals surface area contributed by atoms with E-state index in [1.807, 2.05) is 6.92 Å². The van der Waals surface area contributed by atoms with E-state index in [0.717, 1.165) is 36.9 Å². The number of nitrogen functional groups attached to an aromatic ring is 1. The Hall–Kier alpha value is -1.85. The van der Waals surface area contributed by atoms with Gasteiger partial charge in [-0.25, -0.2) is 9.78 Å². The fourth-order valence-electron chi connectivity index (χ4n) is 2.24. The highest BCUT2D eigenvalue weighted by Crippen LogP contribution is 2.26. The first-order valence-corrected chi connectivity index (χ1v) is 6.26. The number of nitrogens with one attached hydrogen (secondary N) is 1. The van der Waals surface area contributed by atoms with E-state index >= 15 is 0 Å². The van der Waals surface area contributed by atoms with Crippen LogP contribution in [0.5, 0.6) is 0 Å². The van der Waals surface area contributed by atoms with Gasteiger partial charge in [-0.05, 0) is 32.1 Å². The molecular weight excluding hydrogens is 232 g/mol. The molecule has 0 aliphatic heterocycles. The maximum Gasteiger partial charge on any atom is 0.326 e. The summed E-state index contributed by atoms with van der Waals surface area (Å²) in [5.74, 6) is -0.0796. The number of carbonyl (C=O) groups is 1. The topological polar surface area (TPSA) is 101 Å². The molecule has 1 unspecified atom stereocenters. The number of hydrogen-bond donors (Lipinski definition) is 3. The lowest BCUT2D eigenvalue weighted by Gasteiger charge is -2.21. The molecule has 0 bridgehead atoms. The largest absolute Gasteiger partial charge is 0.480 e. The molecule has 6 heteroatoms. The minimum Gasteiger partial charge on any atom is -0.480 e. The maximum absolute atomic E-state index is 11.1. The minimum atomic E-state index is -0.876. The average molecular weight is 250 g/mol. The van der Waals surface area contributed by atoms with Crippen LogP contribution in [0.15, 0.2) is 0 Å². The van der Waals surface area contributed by atoms with Crippen molar-refractivity contribution in [1.29, 1.82) is 0 Å². The van der Waals surface area contributed by atoms with Crippen molar-refractivity contribution in [2.45, 2.75) is 45.1 Å². The Labute approximate surface area is 106 Å². The lowest BCUT2D eigenvalue weighted by molar-refractivity contribution is -0.137. The molecule has 0 saturated carbocycles. The smallest absolute Gasteiger partial charge is 0.326 e. The fraction of sp³-hybridized carbons (Fsp3) is 0.583. The van der Waals surface area contributed by atoms with Gasteiger partial charge in [0.05, 0.1) is 5.69 Å². The van der Waals surface area contributed by atoms with Crippen LogP contribution in [0.1, 0.15) is 37.4 Å². The zero-order valence-electron chi connectivity index (χ0n) is 10.4. The molecule has 1 atom stereocenters. The number of aliphatic carboxylic acids is 1. The van der Waals surface area contributed by atoms with Crippen LogP contribution >= 0.6 is 0 Å². The Kier molecular flexibility index (Phi) is 3.64. The van der Waals surface area contributed by atoms with Gasteiger partial charge in [0.25, 0.3) is 0 Å². The van der Waals surface area contributed by atoms with Crippen molar-refractivity contribution in [3.05, 3.63) is 11.3 Å². The number of aryl methyl sites for hydroxylation is 1. The molecule has 1 heterocycles. The molecule has 0 radical (unpaired) electrons. The summed E-state index contributed by atoms with van der Waals surface area (Å²) in [4.78, 5) is 19.4. The molecule has 4 N–H and O–H groups in total. The molecule has 2 rings (SSSR count). The van der Waals surface area contributed by atoms with E-state index in [4.69, 9.17) is 10.8 Å². The Morgan fingerprint density at radius 2 is 2.17 bits per heavy atom. The van der Waals surface area contributed by atoms with Crippen LogP contribution in [0.2, 0.25) is 0 Å².